The normalized spacial score (nSPS) is 30.5. The molecule has 1 aliphatic carbocycles. The fourth-order valence-electron chi connectivity index (χ4n) is 1.66. The first-order chi connectivity index (χ1) is 5.84. The first kappa shape index (κ1) is 10.7. The fourth-order valence-corrected chi connectivity index (χ4v) is 2.35. The van der Waals surface area contributed by atoms with Crippen LogP contribution in [0.2, 0.25) is 0 Å². The van der Waals surface area contributed by atoms with Crippen molar-refractivity contribution in [3.63, 3.8) is 0 Å². The molecule has 1 aliphatic rings. The predicted molar refractivity (Wildman–Crippen MR) is 58.3 cm³/mol. The minimum absolute atomic E-state index is 0.376. The van der Waals surface area contributed by atoms with E-state index in [1.165, 1.54) is 31.4 Å². The van der Waals surface area contributed by atoms with Gasteiger partial charge in [0.1, 0.15) is 0 Å². The van der Waals surface area contributed by atoms with E-state index in [9.17, 15) is 0 Å². The Morgan fingerprint density at radius 3 is 2.83 bits per heavy atom. The smallest absolute Gasteiger partial charge is 0.0489 e. The molecule has 1 saturated carbocycles. The van der Waals surface area contributed by atoms with Crippen molar-refractivity contribution < 1.29 is 0 Å². The summed E-state index contributed by atoms with van der Waals surface area (Å²) in [5.41, 5.74) is 0. The predicted octanol–water partition coefficient (Wildman–Crippen LogP) is 2.49. The third-order valence-corrected chi connectivity index (χ3v) is 3.53. The second kappa shape index (κ2) is 6.11. The first-order valence-electron chi connectivity index (χ1n) is 4.71. The van der Waals surface area contributed by atoms with Gasteiger partial charge in [-0.2, -0.15) is 11.8 Å². The molecular formula is C9H18ClNS. The molecule has 0 saturated heterocycles. The van der Waals surface area contributed by atoms with E-state index in [-0.39, 0.29) is 0 Å². The van der Waals surface area contributed by atoms with Crippen LogP contribution in [0.15, 0.2) is 0 Å². The van der Waals surface area contributed by atoms with Crippen LogP contribution in [0.1, 0.15) is 25.7 Å². The summed E-state index contributed by atoms with van der Waals surface area (Å²) in [5.74, 6) is 1.19. The van der Waals surface area contributed by atoms with Crippen molar-refractivity contribution in [1.29, 1.82) is 0 Å². The molecular weight excluding hydrogens is 190 g/mol. The van der Waals surface area contributed by atoms with Crippen LogP contribution in [-0.2, 0) is 0 Å². The molecule has 0 aliphatic heterocycles. The summed E-state index contributed by atoms with van der Waals surface area (Å²) >= 11 is 8.08. The Hall–Kier alpha value is 0.600. The summed E-state index contributed by atoms with van der Waals surface area (Å²) in [6, 6.07) is 0.576. The average molecular weight is 208 g/mol. The van der Waals surface area contributed by atoms with Crippen molar-refractivity contribution in [2.24, 2.45) is 0 Å². The van der Waals surface area contributed by atoms with E-state index in [4.69, 9.17) is 11.6 Å². The van der Waals surface area contributed by atoms with Crippen LogP contribution >= 0.6 is 23.4 Å². The second-order valence-electron chi connectivity index (χ2n) is 3.35. The van der Waals surface area contributed by atoms with E-state index in [0.29, 0.717) is 11.4 Å². The monoisotopic (exact) mass is 207 g/mol. The Balaban J connectivity index is 2.11. The Morgan fingerprint density at radius 1 is 1.42 bits per heavy atom. The average Bonchev–Trinajstić information content (AvgIpc) is 2.09. The third-order valence-electron chi connectivity index (χ3n) is 2.39. The Morgan fingerprint density at radius 2 is 2.17 bits per heavy atom. The molecule has 0 aromatic heterocycles. The van der Waals surface area contributed by atoms with E-state index < -0.39 is 0 Å². The number of alkyl halides is 1. The van der Waals surface area contributed by atoms with E-state index in [2.05, 4.69) is 11.6 Å². The van der Waals surface area contributed by atoms with Crippen LogP contribution in [0.25, 0.3) is 0 Å². The van der Waals surface area contributed by atoms with Gasteiger partial charge in [0.05, 0.1) is 0 Å². The summed E-state index contributed by atoms with van der Waals surface area (Å²) in [6.45, 7) is 1.11. The number of hydrogen-bond donors (Lipinski definition) is 1. The molecule has 0 heterocycles. The standard InChI is InChI=1S/C9H18ClNS/c1-12-7-6-11-9-5-3-2-4-8(9)10/h8-9,11H,2-7H2,1H3. The third kappa shape index (κ3) is 3.55. The van der Waals surface area contributed by atoms with Crippen LogP contribution in [0, 0.1) is 0 Å². The number of hydrogen-bond acceptors (Lipinski definition) is 2. The highest BCUT2D eigenvalue weighted by Gasteiger charge is 2.21. The lowest BCUT2D eigenvalue weighted by Gasteiger charge is -2.27. The van der Waals surface area contributed by atoms with Gasteiger partial charge in [-0.15, -0.1) is 11.6 Å². The van der Waals surface area contributed by atoms with E-state index in [1.807, 2.05) is 11.8 Å². The molecule has 2 unspecified atom stereocenters. The number of thioether (sulfide) groups is 1. The fraction of sp³-hybridized carbons (Fsp3) is 1.00. The SMILES string of the molecule is CSCCNC1CCCCC1Cl. The van der Waals surface area contributed by atoms with Gasteiger partial charge in [0.2, 0.25) is 0 Å². The molecule has 1 rings (SSSR count). The van der Waals surface area contributed by atoms with Gasteiger partial charge in [-0.3, -0.25) is 0 Å². The van der Waals surface area contributed by atoms with E-state index in [1.54, 1.807) is 0 Å². The van der Waals surface area contributed by atoms with Gasteiger partial charge in [-0.05, 0) is 19.1 Å². The molecule has 12 heavy (non-hydrogen) atoms. The lowest BCUT2D eigenvalue weighted by atomic mass is 9.95. The lowest BCUT2D eigenvalue weighted by molar-refractivity contribution is 0.387. The summed E-state index contributed by atoms with van der Waals surface area (Å²) in [5, 5.41) is 3.90. The van der Waals surface area contributed by atoms with Gasteiger partial charge in [-0.1, -0.05) is 12.8 Å². The highest BCUT2D eigenvalue weighted by Crippen LogP contribution is 2.22. The molecule has 1 nitrogen and oxygen atoms in total. The Bertz CT molecular complexity index is 121. The van der Waals surface area contributed by atoms with Gasteiger partial charge in [-0.25, -0.2) is 0 Å². The zero-order valence-electron chi connectivity index (χ0n) is 7.68. The molecule has 0 radical (unpaired) electrons. The zero-order chi connectivity index (χ0) is 8.81. The Labute approximate surface area is 84.6 Å². The van der Waals surface area contributed by atoms with Crippen LogP contribution in [0.3, 0.4) is 0 Å². The molecule has 3 heteroatoms. The molecule has 0 amide bonds. The number of nitrogens with one attached hydrogen (secondary N) is 1. The highest BCUT2D eigenvalue weighted by molar-refractivity contribution is 7.98. The van der Waals surface area contributed by atoms with Crippen molar-refractivity contribution in [3.05, 3.63) is 0 Å². The van der Waals surface area contributed by atoms with Gasteiger partial charge in [0.25, 0.3) is 0 Å². The number of rotatable bonds is 4. The maximum absolute atomic E-state index is 6.19. The van der Waals surface area contributed by atoms with Crippen LogP contribution < -0.4 is 5.32 Å². The van der Waals surface area contributed by atoms with Gasteiger partial charge < -0.3 is 5.32 Å². The van der Waals surface area contributed by atoms with Crippen LogP contribution in [0.5, 0.6) is 0 Å². The minimum atomic E-state index is 0.376. The van der Waals surface area contributed by atoms with E-state index >= 15 is 0 Å². The Kier molecular flexibility index (Phi) is 5.44. The highest BCUT2D eigenvalue weighted by atomic mass is 35.5. The topological polar surface area (TPSA) is 12.0 Å². The van der Waals surface area contributed by atoms with Crippen molar-refractivity contribution in [2.45, 2.75) is 37.1 Å². The molecule has 1 N–H and O–H groups in total. The molecule has 0 spiro atoms. The summed E-state index contributed by atoms with van der Waals surface area (Å²) in [6.07, 6.45) is 7.26. The van der Waals surface area contributed by atoms with Crippen molar-refractivity contribution in [2.75, 3.05) is 18.6 Å². The summed E-state index contributed by atoms with van der Waals surface area (Å²) in [4.78, 5) is 0. The zero-order valence-corrected chi connectivity index (χ0v) is 9.26. The molecule has 1 fully saturated rings. The first-order valence-corrected chi connectivity index (χ1v) is 6.54. The van der Waals surface area contributed by atoms with Crippen molar-refractivity contribution in [1.82, 2.24) is 5.32 Å². The quantitative estimate of drug-likeness (QED) is 0.562. The molecule has 2 atom stereocenters. The molecule has 0 aromatic rings. The molecule has 0 bridgehead atoms. The van der Waals surface area contributed by atoms with Gasteiger partial charge in [0.15, 0.2) is 0 Å². The summed E-state index contributed by atoms with van der Waals surface area (Å²) < 4.78 is 0. The lowest BCUT2D eigenvalue weighted by Crippen LogP contribution is -2.40. The molecule has 72 valence electrons. The van der Waals surface area contributed by atoms with E-state index in [0.717, 1.165) is 6.54 Å². The second-order valence-corrected chi connectivity index (χ2v) is 4.90. The van der Waals surface area contributed by atoms with Crippen molar-refractivity contribution in [3.8, 4) is 0 Å². The largest absolute Gasteiger partial charge is 0.312 e. The maximum atomic E-state index is 6.19. The van der Waals surface area contributed by atoms with Crippen molar-refractivity contribution >= 4 is 23.4 Å². The van der Waals surface area contributed by atoms with Gasteiger partial charge in [0, 0.05) is 23.7 Å². The number of halogens is 1. The minimum Gasteiger partial charge on any atom is -0.312 e. The maximum Gasteiger partial charge on any atom is 0.0489 e. The van der Waals surface area contributed by atoms with Gasteiger partial charge >= 0.3 is 0 Å². The summed E-state index contributed by atoms with van der Waals surface area (Å²) in [7, 11) is 0. The molecule has 0 aromatic carbocycles. The van der Waals surface area contributed by atoms with Crippen LogP contribution in [-0.4, -0.2) is 30.0 Å². The van der Waals surface area contributed by atoms with Crippen LogP contribution in [0.4, 0.5) is 0 Å².